The molecule has 2 heterocycles. The maximum absolute atomic E-state index is 12.6. The Labute approximate surface area is 538 Å². The lowest BCUT2D eigenvalue weighted by Crippen LogP contribution is -2.27. The summed E-state index contributed by atoms with van der Waals surface area (Å²) in [6, 6.07) is 24.5. The number of rotatable bonds is 18. The molecule has 23 nitrogen and oxygen atoms in total. The summed E-state index contributed by atoms with van der Waals surface area (Å²) in [4.78, 5) is 61.8. The number of ether oxygens (including phenoxy) is 2. The molecule has 6 rings (SSSR count). The van der Waals surface area contributed by atoms with E-state index in [1.807, 2.05) is 124 Å². The summed E-state index contributed by atoms with van der Waals surface area (Å²) in [6.07, 6.45) is 3.40. The predicted octanol–water partition coefficient (Wildman–Crippen LogP) is 15.7. The summed E-state index contributed by atoms with van der Waals surface area (Å²) in [5, 5.41) is 56.7. The van der Waals surface area contributed by atoms with Crippen LogP contribution < -0.4 is 30.3 Å². The lowest BCUT2D eigenvalue weighted by Gasteiger charge is -2.23. The van der Waals surface area contributed by atoms with E-state index in [0.717, 1.165) is 42.8 Å². The molecular formula is C62H85I2N11O12. The Morgan fingerprint density at radius 1 is 0.713 bits per heavy atom. The topological polar surface area (TPSA) is 298 Å². The molecule has 25 heteroatoms. The lowest BCUT2D eigenvalue weighted by molar-refractivity contribution is -0.392. The molecule has 2 aromatic heterocycles. The molecule has 4 aromatic carbocycles. The number of urea groups is 2. The van der Waals surface area contributed by atoms with Gasteiger partial charge in [0.1, 0.15) is 28.6 Å². The van der Waals surface area contributed by atoms with Crippen molar-refractivity contribution in [2.75, 3.05) is 76.4 Å². The third-order valence-corrected chi connectivity index (χ3v) is 15.0. The van der Waals surface area contributed by atoms with Crippen molar-refractivity contribution in [2.45, 2.75) is 131 Å². The third-order valence-electron chi connectivity index (χ3n) is 13.3. The van der Waals surface area contributed by atoms with Crippen LogP contribution in [0.4, 0.5) is 44.0 Å². The van der Waals surface area contributed by atoms with E-state index < -0.39 is 9.85 Å². The quantitative estimate of drug-likeness (QED) is 0.0353. The number of methoxy groups -OCH3 is 2. The van der Waals surface area contributed by atoms with Crippen molar-refractivity contribution < 1.29 is 47.9 Å². The van der Waals surface area contributed by atoms with Crippen molar-refractivity contribution in [2.24, 2.45) is 0 Å². The number of aromatic hydroxyl groups is 1. The van der Waals surface area contributed by atoms with Gasteiger partial charge in [-0.2, -0.15) is 5.26 Å². The van der Waals surface area contributed by atoms with E-state index in [1.165, 1.54) is 41.7 Å². The standard InChI is InChI=1S/C18H24N2O4.C15H23N3O4.C12H18N2O.C10H17N3O2.C7H3I2NO/c1-6-18(3,7-2)14-11-15(24-20-14)19-17(21)16-12(22-4)9-8-10-13(16)23-5;1-5-7-16(8-6-2)15-13(17(19)20)9-12(11(3)4)10-14(15)18(21)22;1-9(2)10-5-7-11(8-6-10)13-12(15)14(3)4;1-10(2,3)7-6-8(12-15-7)11-9(14)13(4)5;8-5-1-4(3-10)2-6(9)7(5)11/h8-11H,6-7H2,1-5H3,(H,19,21);9-11H,5-8H2,1-4H3;5-9H,1-4H3,(H,13,15);6H,1-5H3,(H,11,12,14);1-2,11H. The second kappa shape index (κ2) is 35.8. The normalized spacial score (nSPS) is 10.7. The molecule has 0 atom stereocenters. The minimum absolute atomic E-state index is 0.0164. The third kappa shape index (κ3) is 23.1. The van der Waals surface area contributed by atoms with Gasteiger partial charge >= 0.3 is 12.1 Å². The van der Waals surface area contributed by atoms with Gasteiger partial charge in [-0.1, -0.05) is 112 Å². The van der Waals surface area contributed by atoms with Crippen molar-refractivity contribution in [1.82, 2.24) is 20.1 Å². The van der Waals surface area contributed by atoms with Crippen molar-refractivity contribution in [3.05, 3.63) is 140 Å². The molecule has 474 valence electrons. The number of nitrogens with one attached hydrogen (secondary N) is 3. The number of benzene rings is 4. The molecule has 0 bridgehead atoms. The first-order valence-electron chi connectivity index (χ1n) is 28.1. The summed E-state index contributed by atoms with van der Waals surface area (Å²) >= 11 is 3.99. The van der Waals surface area contributed by atoms with E-state index in [-0.39, 0.29) is 57.5 Å². The van der Waals surface area contributed by atoms with Crippen molar-refractivity contribution >= 4 is 97.6 Å². The molecule has 0 saturated heterocycles. The number of nitrogens with zero attached hydrogens (tertiary/aromatic N) is 8. The number of carbonyl (C=O) groups is 3. The van der Waals surface area contributed by atoms with Crippen LogP contribution in [0.3, 0.4) is 0 Å². The van der Waals surface area contributed by atoms with Gasteiger partial charge in [0.25, 0.3) is 17.3 Å². The summed E-state index contributed by atoms with van der Waals surface area (Å²) < 4.78 is 22.4. The maximum atomic E-state index is 12.6. The van der Waals surface area contributed by atoms with Gasteiger partial charge in [0, 0.05) is 82.1 Å². The fourth-order valence-electron chi connectivity index (χ4n) is 7.64. The number of nitro benzene ring substituents is 2. The van der Waals surface area contributed by atoms with E-state index in [9.17, 15) is 39.7 Å². The molecule has 0 aliphatic rings. The molecule has 0 fully saturated rings. The lowest BCUT2D eigenvalue weighted by atomic mass is 9.81. The molecule has 0 saturated carbocycles. The smallest absolute Gasteiger partial charge is 0.322 e. The number of anilines is 4. The van der Waals surface area contributed by atoms with Crippen LogP contribution in [0, 0.1) is 38.7 Å². The first-order valence-corrected chi connectivity index (χ1v) is 30.3. The van der Waals surface area contributed by atoms with Gasteiger partial charge in [0.2, 0.25) is 5.88 Å². The molecule has 87 heavy (non-hydrogen) atoms. The van der Waals surface area contributed by atoms with Gasteiger partial charge in [-0.15, -0.1) is 0 Å². The second-order valence-electron chi connectivity index (χ2n) is 22.1. The Morgan fingerprint density at radius 3 is 1.59 bits per heavy atom. The molecular weight excluding hydrogens is 1340 g/mol. The molecule has 0 aliphatic carbocycles. The van der Waals surface area contributed by atoms with Gasteiger partial charge in [0.05, 0.1) is 48.5 Å². The zero-order chi connectivity index (χ0) is 66.1. The number of phenolic OH excluding ortho intramolecular Hbond substituents is 1. The molecule has 0 unspecified atom stereocenters. The highest BCUT2D eigenvalue weighted by molar-refractivity contribution is 14.1. The van der Waals surface area contributed by atoms with Crippen LogP contribution in [-0.4, -0.2) is 109 Å². The van der Waals surface area contributed by atoms with E-state index >= 15 is 0 Å². The highest BCUT2D eigenvalue weighted by atomic mass is 127. The number of carbonyl (C=O) groups excluding carboxylic acids is 3. The van der Waals surface area contributed by atoms with Gasteiger partial charge < -0.3 is 43.6 Å². The predicted molar refractivity (Wildman–Crippen MR) is 358 cm³/mol. The molecule has 0 spiro atoms. The number of nitro groups is 2. The van der Waals surface area contributed by atoms with Crippen LogP contribution in [0.1, 0.15) is 159 Å². The first kappa shape index (κ1) is 75.4. The zero-order valence-electron chi connectivity index (χ0n) is 53.2. The van der Waals surface area contributed by atoms with Crippen LogP contribution >= 0.6 is 45.2 Å². The fourth-order valence-corrected chi connectivity index (χ4v) is 9.41. The highest BCUT2D eigenvalue weighted by Gasteiger charge is 2.32. The van der Waals surface area contributed by atoms with Crippen LogP contribution in [0.25, 0.3) is 0 Å². The highest BCUT2D eigenvalue weighted by Crippen LogP contribution is 2.41. The summed E-state index contributed by atoms with van der Waals surface area (Å²) in [5.74, 6) is 2.73. The van der Waals surface area contributed by atoms with Crippen molar-refractivity contribution in [1.29, 1.82) is 5.26 Å². The molecule has 0 aliphatic heterocycles. The van der Waals surface area contributed by atoms with Crippen LogP contribution in [-0.2, 0) is 10.8 Å². The van der Waals surface area contributed by atoms with E-state index in [0.29, 0.717) is 66.0 Å². The Balaban J connectivity index is 0.000000380. The van der Waals surface area contributed by atoms with Gasteiger partial charge in [-0.3, -0.25) is 35.7 Å². The SMILES string of the molecule is CC(C)c1ccc(NC(=O)N(C)C)cc1.CCC(C)(CC)c1cc(NC(=O)c2c(OC)cccc2OC)on1.CCCN(CCC)c1c([N+](=O)[O-])cc(C(C)C)cc1[N+](=O)[O-].CN(C)C(=O)Nc1cc(C(C)(C)C)on1.N#Cc1cc(I)c(O)c(I)c1. The number of amides is 5. The van der Waals surface area contributed by atoms with Crippen LogP contribution in [0.15, 0.2) is 87.9 Å². The van der Waals surface area contributed by atoms with E-state index in [2.05, 4.69) is 60.9 Å². The van der Waals surface area contributed by atoms with Crippen LogP contribution in [0.5, 0.6) is 17.2 Å². The monoisotopic (exact) mass is 1430 g/mol. The summed E-state index contributed by atoms with van der Waals surface area (Å²) in [5.41, 5.74) is 4.03. The molecule has 4 N–H and O–H groups in total. The van der Waals surface area contributed by atoms with Gasteiger partial charge in [-0.25, -0.2) is 9.59 Å². The molecule has 6 aromatic rings. The van der Waals surface area contributed by atoms with E-state index in [4.69, 9.17) is 23.8 Å². The second-order valence-corrected chi connectivity index (χ2v) is 24.4. The summed E-state index contributed by atoms with van der Waals surface area (Å²) in [7, 11) is 9.79. The Hall–Kier alpha value is -7.74. The number of nitriles is 1. The number of hydrogen-bond donors (Lipinski definition) is 4. The number of hydrogen-bond acceptors (Lipinski definition) is 16. The van der Waals surface area contributed by atoms with Gasteiger partial charge in [-0.05, 0) is 130 Å². The Kier molecular flexibility index (Phi) is 31.0. The number of phenols is 1. The fraction of sp³-hybridized carbons (Fsp3) is 0.452. The van der Waals surface area contributed by atoms with Gasteiger partial charge in [0.15, 0.2) is 11.5 Å². The average molecular weight is 1430 g/mol. The largest absolute Gasteiger partial charge is 0.506 e. The molecule has 5 amide bonds. The van der Waals surface area contributed by atoms with Crippen molar-refractivity contribution in [3.63, 3.8) is 0 Å². The summed E-state index contributed by atoms with van der Waals surface area (Å²) in [6.45, 7) is 25.4. The first-order chi connectivity index (χ1) is 40.8. The minimum Gasteiger partial charge on any atom is -0.506 e. The Bertz CT molecular complexity index is 3170. The Morgan fingerprint density at radius 2 is 1.20 bits per heavy atom. The zero-order valence-corrected chi connectivity index (χ0v) is 57.5. The minimum atomic E-state index is -0.521. The number of halogens is 2. The molecule has 0 radical (unpaired) electrons. The number of aromatic nitrogens is 2. The maximum Gasteiger partial charge on any atom is 0.322 e. The van der Waals surface area contributed by atoms with Crippen LogP contribution in [0.2, 0.25) is 0 Å². The van der Waals surface area contributed by atoms with E-state index in [1.54, 1.807) is 75.6 Å². The van der Waals surface area contributed by atoms with Crippen molar-refractivity contribution in [3.8, 4) is 23.3 Å². The average Bonchev–Trinajstić information content (AvgIpc) is 2.60.